The van der Waals surface area contributed by atoms with Gasteiger partial charge in [-0.15, -0.1) is 0 Å². The van der Waals surface area contributed by atoms with E-state index in [1.165, 1.54) is 17.9 Å². The first kappa shape index (κ1) is 25.7. The predicted octanol–water partition coefficient (Wildman–Crippen LogP) is 5.67. The van der Waals surface area contributed by atoms with Crippen molar-refractivity contribution in [3.63, 3.8) is 0 Å². The molecule has 0 saturated heterocycles. The topological polar surface area (TPSA) is 101 Å². The fraction of sp³-hybridized carbons (Fsp3) is 0.286. The third-order valence-electron chi connectivity index (χ3n) is 6.63. The van der Waals surface area contributed by atoms with Crippen LogP contribution in [-0.4, -0.2) is 41.6 Å². The van der Waals surface area contributed by atoms with Crippen molar-refractivity contribution in [3.05, 3.63) is 71.6 Å². The summed E-state index contributed by atoms with van der Waals surface area (Å²) in [4.78, 5) is 26.5. The number of hydrogen-bond acceptors (Lipinski definition) is 8. The lowest BCUT2D eigenvalue weighted by Crippen LogP contribution is -2.05. The van der Waals surface area contributed by atoms with Gasteiger partial charge in [0.15, 0.2) is 17.2 Å². The van der Waals surface area contributed by atoms with Gasteiger partial charge in [-0.2, -0.15) is 18.2 Å². The number of imidazole rings is 1. The van der Waals surface area contributed by atoms with E-state index in [0.717, 1.165) is 35.9 Å². The average Bonchev–Trinajstić information content (AvgIpc) is 3.71. The summed E-state index contributed by atoms with van der Waals surface area (Å²) < 4.78 is 52.3. The van der Waals surface area contributed by atoms with E-state index in [1.54, 1.807) is 37.6 Å². The number of halogens is 3. The lowest BCUT2D eigenvalue weighted by atomic mass is 10.1. The van der Waals surface area contributed by atoms with Crippen molar-refractivity contribution in [2.45, 2.75) is 38.5 Å². The molecule has 0 aliphatic heterocycles. The summed E-state index contributed by atoms with van der Waals surface area (Å²) in [5.74, 6) is 1.60. The van der Waals surface area contributed by atoms with E-state index in [4.69, 9.17) is 19.4 Å². The maximum absolute atomic E-state index is 13.1. The Hall–Kier alpha value is -4.61. The molecule has 1 fully saturated rings. The second-order valence-electron chi connectivity index (χ2n) is 9.70. The Bertz CT molecular complexity index is 1710. The largest absolute Gasteiger partial charge is 0.480 e. The van der Waals surface area contributed by atoms with Crippen LogP contribution in [0, 0.1) is 6.92 Å². The zero-order chi connectivity index (χ0) is 28.0. The molecule has 0 bridgehead atoms. The van der Waals surface area contributed by atoms with Crippen LogP contribution in [0.25, 0.3) is 33.8 Å². The number of benzene rings is 1. The highest BCUT2D eigenvalue weighted by Gasteiger charge is 2.35. The van der Waals surface area contributed by atoms with Crippen LogP contribution in [0.1, 0.15) is 41.3 Å². The first-order chi connectivity index (χ1) is 19.2. The summed E-state index contributed by atoms with van der Waals surface area (Å²) in [7, 11) is 3.07. The molecule has 9 nitrogen and oxygen atoms in total. The normalized spacial score (nSPS) is 13.6. The second kappa shape index (κ2) is 9.85. The number of alkyl halides is 3. The van der Waals surface area contributed by atoms with Crippen LogP contribution in [0.3, 0.4) is 0 Å². The smallest absolute Gasteiger partial charge is 0.434 e. The Balaban J connectivity index is 1.32. The minimum atomic E-state index is -4.51. The van der Waals surface area contributed by atoms with E-state index in [2.05, 4.69) is 19.9 Å². The number of aryl methyl sites for hydroxylation is 2. The van der Waals surface area contributed by atoms with E-state index in [-0.39, 0.29) is 12.4 Å². The van der Waals surface area contributed by atoms with Crippen molar-refractivity contribution in [1.29, 1.82) is 0 Å². The fourth-order valence-electron chi connectivity index (χ4n) is 4.50. The molecule has 0 amide bonds. The molecule has 6 rings (SSSR count). The first-order valence-electron chi connectivity index (χ1n) is 12.6. The third kappa shape index (κ3) is 4.92. The number of fused-ring (bicyclic) bond motifs is 1. The van der Waals surface area contributed by atoms with Gasteiger partial charge in [-0.1, -0.05) is 24.3 Å². The van der Waals surface area contributed by atoms with Gasteiger partial charge in [-0.05, 0) is 37.0 Å². The van der Waals surface area contributed by atoms with Gasteiger partial charge in [0.25, 0.3) is 0 Å². The van der Waals surface area contributed by atoms with Crippen molar-refractivity contribution < 1.29 is 22.6 Å². The Kier molecular flexibility index (Phi) is 6.32. The number of aromatic nitrogens is 7. The van der Waals surface area contributed by atoms with E-state index >= 15 is 0 Å². The predicted molar refractivity (Wildman–Crippen MR) is 140 cm³/mol. The molecule has 4 heterocycles. The lowest BCUT2D eigenvalue weighted by Gasteiger charge is -2.14. The number of ether oxygens (including phenoxy) is 2. The maximum Gasteiger partial charge on any atom is 0.434 e. The molecule has 0 spiro atoms. The lowest BCUT2D eigenvalue weighted by molar-refractivity contribution is -0.140. The minimum absolute atomic E-state index is 0.159. The zero-order valence-electron chi connectivity index (χ0n) is 21.9. The Morgan fingerprint density at radius 1 is 1.00 bits per heavy atom. The summed E-state index contributed by atoms with van der Waals surface area (Å²) in [5, 5.41) is 0.650. The SMILES string of the molecule is COc1ncnc(C2CC2)c1-c1nc(OCc2ccc(-c3nc(C(F)(F)F)cn3C)cc2)c2cc(C)cnc2n1. The highest BCUT2D eigenvalue weighted by atomic mass is 19.4. The van der Waals surface area contributed by atoms with Gasteiger partial charge in [-0.25, -0.2) is 24.9 Å². The van der Waals surface area contributed by atoms with Crippen LogP contribution in [0.5, 0.6) is 11.8 Å². The molecule has 0 unspecified atom stereocenters. The van der Waals surface area contributed by atoms with Crippen molar-refractivity contribution in [1.82, 2.24) is 34.5 Å². The van der Waals surface area contributed by atoms with Crippen LogP contribution in [0.4, 0.5) is 13.2 Å². The molecule has 1 saturated carbocycles. The molecule has 0 radical (unpaired) electrons. The Morgan fingerprint density at radius 3 is 2.45 bits per heavy atom. The molecule has 4 aromatic heterocycles. The Labute approximate surface area is 227 Å². The number of rotatable bonds is 7. The molecule has 1 aliphatic rings. The van der Waals surface area contributed by atoms with Crippen molar-refractivity contribution >= 4 is 11.0 Å². The van der Waals surface area contributed by atoms with E-state index in [0.29, 0.717) is 45.7 Å². The molecule has 5 aromatic rings. The van der Waals surface area contributed by atoms with Gasteiger partial charge < -0.3 is 14.0 Å². The number of hydrogen-bond donors (Lipinski definition) is 0. The van der Waals surface area contributed by atoms with Gasteiger partial charge >= 0.3 is 6.18 Å². The van der Waals surface area contributed by atoms with Crippen LogP contribution in [0.2, 0.25) is 0 Å². The molecule has 1 aromatic carbocycles. The summed E-state index contributed by atoms with van der Waals surface area (Å²) in [6.45, 7) is 2.08. The van der Waals surface area contributed by atoms with Crippen molar-refractivity contribution in [3.8, 4) is 34.5 Å². The quantitative estimate of drug-likeness (QED) is 0.257. The molecule has 204 valence electrons. The van der Waals surface area contributed by atoms with Gasteiger partial charge in [0.05, 0.1) is 18.2 Å². The number of nitrogens with zero attached hydrogens (tertiary/aromatic N) is 7. The van der Waals surface area contributed by atoms with Gasteiger partial charge in [0.1, 0.15) is 24.3 Å². The first-order valence-corrected chi connectivity index (χ1v) is 12.6. The standard InChI is InChI=1S/C28H24F3N7O2/c1-15-10-19-23(32-11-15)36-24(21-22(17-8-9-17)33-14-34-27(21)39-3)37-26(19)40-13-16-4-6-18(7-5-16)25-35-20(12-38(25)2)28(29,30)31/h4-7,10-12,14,17H,8-9,13H2,1-3H3. The number of pyridine rings is 1. The summed E-state index contributed by atoms with van der Waals surface area (Å²) in [5.41, 5.74) is 3.26. The van der Waals surface area contributed by atoms with Gasteiger partial charge in [0, 0.05) is 30.9 Å². The summed E-state index contributed by atoms with van der Waals surface area (Å²) >= 11 is 0. The molecular weight excluding hydrogens is 523 g/mol. The second-order valence-corrected chi connectivity index (χ2v) is 9.70. The third-order valence-corrected chi connectivity index (χ3v) is 6.63. The summed E-state index contributed by atoms with van der Waals surface area (Å²) in [6.07, 6.45) is 1.71. The minimum Gasteiger partial charge on any atom is -0.480 e. The van der Waals surface area contributed by atoms with Crippen molar-refractivity contribution in [2.24, 2.45) is 7.05 Å². The van der Waals surface area contributed by atoms with E-state index in [9.17, 15) is 13.2 Å². The van der Waals surface area contributed by atoms with E-state index < -0.39 is 11.9 Å². The molecule has 0 N–H and O–H groups in total. The van der Waals surface area contributed by atoms with Gasteiger partial charge in [-0.3, -0.25) is 0 Å². The molecule has 1 aliphatic carbocycles. The highest BCUT2D eigenvalue weighted by Crippen LogP contribution is 2.45. The van der Waals surface area contributed by atoms with E-state index in [1.807, 2.05) is 13.0 Å². The maximum atomic E-state index is 13.1. The monoisotopic (exact) mass is 547 g/mol. The molecule has 12 heteroatoms. The average molecular weight is 548 g/mol. The molecule has 40 heavy (non-hydrogen) atoms. The van der Waals surface area contributed by atoms with Gasteiger partial charge in [0.2, 0.25) is 11.8 Å². The number of methoxy groups -OCH3 is 1. The fourth-order valence-corrected chi connectivity index (χ4v) is 4.50. The Morgan fingerprint density at radius 2 is 1.77 bits per heavy atom. The van der Waals surface area contributed by atoms with Crippen LogP contribution in [-0.2, 0) is 19.8 Å². The molecular formula is C28H24F3N7O2. The van der Waals surface area contributed by atoms with Crippen LogP contribution < -0.4 is 9.47 Å². The van der Waals surface area contributed by atoms with Crippen molar-refractivity contribution in [2.75, 3.05) is 7.11 Å². The van der Waals surface area contributed by atoms with Crippen LogP contribution in [0.15, 0.2) is 49.1 Å². The highest BCUT2D eigenvalue weighted by molar-refractivity contribution is 5.83. The van der Waals surface area contributed by atoms with Crippen LogP contribution >= 0.6 is 0 Å². The summed E-state index contributed by atoms with van der Waals surface area (Å²) in [6, 6.07) is 8.90. The molecule has 0 atom stereocenters. The zero-order valence-corrected chi connectivity index (χ0v) is 21.9.